The van der Waals surface area contributed by atoms with Crippen LogP contribution in [0.1, 0.15) is 37.6 Å². The van der Waals surface area contributed by atoms with Crippen LogP contribution >= 0.6 is 23.1 Å². The molecule has 0 saturated carbocycles. The second-order valence-electron chi connectivity index (χ2n) is 7.28. The van der Waals surface area contributed by atoms with Gasteiger partial charge in [0, 0.05) is 17.8 Å². The lowest BCUT2D eigenvalue weighted by Crippen LogP contribution is -2.31. The van der Waals surface area contributed by atoms with Crippen molar-refractivity contribution in [3.8, 4) is 0 Å². The van der Waals surface area contributed by atoms with E-state index in [1.807, 2.05) is 0 Å². The van der Waals surface area contributed by atoms with Crippen LogP contribution in [0.4, 0.5) is 5.82 Å². The Hall–Kier alpha value is -0.890. The standard InChI is InChI=1S/C18H28N4OS2/c1-6-24-17-20-15(19-8-7-9-22(4)5)14-12-10-18(2,3)23-11-13(12)25-16(14)21-17/h6-11H2,1-5H3,(H,19,20,21). The van der Waals surface area contributed by atoms with E-state index in [-0.39, 0.29) is 5.60 Å². The Morgan fingerprint density at radius 1 is 1.32 bits per heavy atom. The molecule has 1 aliphatic rings. The highest BCUT2D eigenvalue weighted by atomic mass is 32.2. The average molecular weight is 381 g/mol. The molecule has 3 rings (SSSR count). The number of fused-ring (bicyclic) bond motifs is 3. The van der Waals surface area contributed by atoms with Crippen molar-refractivity contribution in [3.05, 3.63) is 10.4 Å². The molecular formula is C18H28N4OS2. The lowest BCUT2D eigenvalue weighted by atomic mass is 9.94. The van der Waals surface area contributed by atoms with Crippen LogP contribution in [0.5, 0.6) is 0 Å². The number of nitrogens with zero attached hydrogens (tertiary/aromatic N) is 3. The van der Waals surface area contributed by atoms with E-state index in [0.717, 1.165) is 47.5 Å². The third-order valence-corrected chi connectivity index (χ3v) is 6.09. The molecule has 0 bridgehead atoms. The highest BCUT2D eigenvalue weighted by molar-refractivity contribution is 7.99. The SMILES string of the molecule is CCSc1nc(NCCCN(C)C)c2c3c(sc2n1)COC(C)(C)C3. The van der Waals surface area contributed by atoms with Gasteiger partial charge in [-0.05, 0) is 52.2 Å². The number of aromatic nitrogens is 2. The van der Waals surface area contributed by atoms with Gasteiger partial charge in [0.1, 0.15) is 10.6 Å². The van der Waals surface area contributed by atoms with E-state index in [9.17, 15) is 0 Å². The minimum absolute atomic E-state index is 0.125. The molecule has 0 aromatic carbocycles. The summed E-state index contributed by atoms with van der Waals surface area (Å²) in [6.45, 7) is 9.13. The summed E-state index contributed by atoms with van der Waals surface area (Å²) in [7, 11) is 4.21. The normalized spacial score (nSPS) is 16.4. The minimum atomic E-state index is -0.125. The molecule has 0 unspecified atom stereocenters. The van der Waals surface area contributed by atoms with Crippen molar-refractivity contribution in [2.24, 2.45) is 0 Å². The second kappa shape index (κ2) is 7.78. The number of hydrogen-bond donors (Lipinski definition) is 1. The quantitative estimate of drug-likeness (QED) is 0.445. The zero-order valence-corrected chi connectivity index (χ0v) is 17.4. The Labute approximate surface area is 158 Å². The summed E-state index contributed by atoms with van der Waals surface area (Å²) in [4.78, 5) is 14.2. The maximum absolute atomic E-state index is 5.99. The highest BCUT2D eigenvalue weighted by Crippen LogP contribution is 2.41. The number of nitrogens with one attached hydrogen (secondary N) is 1. The molecule has 0 amide bonds. The van der Waals surface area contributed by atoms with Crippen molar-refractivity contribution in [1.29, 1.82) is 0 Å². The fraction of sp³-hybridized carbons (Fsp3) is 0.667. The molecule has 25 heavy (non-hydrogen) atoms. The van der Waals surface area contributed by atoms with Crippen LogP contribution in [0.25, 0.3) is 10.2 Å². The van der Waals surface area contributed by atoms with E-state index < -0.39 is 0 Å². The summed E-state index contributed by atoms with van der Waals surface area (Å²) < 4.78 is 5.99. The predicted octanol–water partition coefficient (Wildman–Crippen LogP) is 4.02. The average Bonchev–Trinajstić information content (AvgIpc) is 2.88. The molecule has 0 fully saturated rings. The summed E-state index contributed by atoms with van der Waals surface area (Å²) in [5.41, 5.74) is 1.25. The fourth-order valence-corrected chi connectivity index (χ4v) is 4.78. The molecule has 0 atom stereocenters. The summed E-state index contributed by atoms with van der Waals surface area (Å²) >= 11 is 3.46. The van der Waals surface area contributed by atoms with E-state index in [0.29, 0.717) is 6.61 Å². The first-order valence-corrected chi connectivity index (χ1v) is 10.7. The third-order valence-electron chi connectivity index (χ3n) is 4.26. The molecule has 2 aromatic rings. The molecule has 5 nitrogen and oxygen atoms in total. The van der Waals surface area contributed by atoms with Crippen molar-refractivity contribution in [2.75, 3.05) is 38.3 Å². The maximum Gasteiger partial charge on any atom is 0.190 e. The third kappa shape index (κ3) is 4.45. The molecule has 7 heteroatoms. The lowest BCUT2D eigenvalue weighted by molar-refractivity contribution is -0.0379. The van der Waals surface area contributed by atoms with Gasteiger partial charge < -0.3 is 15.0 Å². The first-order valence-electron chi connectivity index (χ1n) is 8.87. The Balaban J connectivity index is 1.95. The zero-order valence-electron chi connectivity index (χ0n) is 15.8. The van der Waals surface area contributed by atoms with Crippen LogP contribution < -0.4 is 5.32 Å². The molecule has 3 heterocycles. The number of anilines is 1. The Bertz CT molecular complexity index is 742. The van der Waals surface area contributed by atoms with E-state index in [2.05, 4.69) is 45.1 Å². The largest absolute Gasteiger partial charge is 0.370 e. The van der Waals surface area contributed by atoms with E-state index in [4.69, 9.17) is 14.7 Å². The summed E-state index contributed by atoms with van der Waals surface area (Å²) in [6.07, 6.45) is 2.01. The summed E-state index contributed by atoms with van der Waals surface area (Å²) in [6, 6.07) is 0. The van der Waals surface area contributed by atoms with Gasteiger partial charge in [0.25, 0.3) is 0 Å². The molecule has 1 aliphatic heterocycles. The topological polar surface area (TPSA) is 50.3 Å². The van der Waals surface area contributed by atoms with Crippen molar-refractivity contribution in [2.45, 2.75) is 51.0 Å². The van der Waals surface area contributed by atoms with Crippen molar-refractivity contribution in [1.82, 2.24) is 14.9 Å². The first-order chi connectivity index (χ1) is 11.9. The Kier molecular flexibility index (Phi) is 5.88. The first kappa shape index (κ1) is 18.9. The van der Waals surface area contributed by atoms with Crippen LogP contribution in [-0.4, -0.2) is 53.4 Å². The number of ether oxygens (including phenoxy) is 1. The molecule has 0 aliphatic carbocycles. The van der Waals surface area contributed by atoms with Crippen LogP contribution in [-0.2, 0) is 17.8 Å². The molecule has 138 valence electrons. The van der Waals surface area contributed by atoms with Gasteiger partial charge in [-0.2, -0.15) is 0 Å². The number of rotatable bonds is 7. The monoisotopic (exact) mass is 380 g/mol. The fourth-order valence-electron chi connectivity index (χ4n) is 3.05. The molecule has 2 aromatic heterocycles. The van der Waals surface area contributed by atoms with Crippen LogP contribution in [0.3, 0.4) is 0 Å². The zero-order chi connectivity index (χ0) is 18.0. The van der Waals surface area contributed by atoms with Crippen molar-refractivity contribution >= 4 is 39.1 Å². The van der Waals surface area contributed by atoms with Crippen molar-refractivity contribution < 1.29 is 4.74 Å². The maximum atomic E-state index is 5.99. The van der Waals surface area contributed by atoms with Gasteiger partial charge in [0.2, 0.25) is 0 Å². The van der Waals surface area contributed by atoms with E-state index in [1.54, 1.807) is 23.1 Å². The van der Waals surface area contributed by atoms with Gasteiger partial charge >= 0.3 is 0 Å². The van der Waals surface area contributed by atoms with Gasteiger partial charge in [0.05, 0.1) is 17.6 Å². The number of hydrogen-bond acceptors (Lipinski definition) is 7. The smallest absolute Gasteiger partial charge is 0.190 e. The van der Waals surface area contributed by atoms with Crippen molar-refractivity contribution in [3.63, 3.8) is 0 Å². The molecule has 0 spiro atoms. The van der Waals surface area contributed by atoms with Gasteiger partial charge in [-0.3, -0.25) is 0 Å². The van der Waals surface area contributed by atoms with Crippen LogP contribution in [0.15, 0.2) is 5.16 Å². The van der Waals surface area contributed by atoms with Crippen LogP contribution in [0.2, 0.25) is 0 Å². The van der Waals surface area contributed by atoms with Gasteiger partial charge in [0.15, 0.2) is 5.16 Å². The Morgan fingerprint density at radius 2 is 2.12 bits per heavy atom. The summed E-state index contributed by atoms with van der Waals surface area (Å²) in [5, 5.41) is 5.65. The van der Waals surface area contributed by atoms with Crippen LogP contribution in [0, 0.1) is 0 Å². The number of thioether (sulfide) groups is 1. The lowest BCUT2D eigenvalue weighted by Gasteiger charge is -2.30. The van der Waals surface area contributed by atoms with Gasteiger partial charge in [-0.1, -0.05) is 18.7 Å². The van der Waals surface area contributed by atoms with Gasteiger partial charge in [-0.25, -0.2) is 9.97 Å². The molecular weight excluding hydrogens is 352 g/mol. The van der Waals surface area contributed by atoms with Gasteiger partial charge in [-0.15, -0.1) is 11.3 Å². The van der Waals surface area contributed by atoms with E-state index >= 15 is 0 Å². The minimum Gasteiger partial charge on any atom is -0.370 e. The Morgan fingerprint density at radius 3 is 2.84 bits per heavy atom. The molecule has 0 radical (unpaired) electrons. The summed E-state index contributed by atoms with van der Waals surface area (Å²) in [5.74, 6) is 1.97. The molecule has 1 N–H and O–H groups in total. The number of thiophene rings is 1. The van der Waals surface area contributed by atoms with E-state index in [1.165, 1.54) is 15.8 Å². The predicted molar refractivity (Wildman–Crippen MR) is 108 cm³/mol. The second-order valence-corrected chi connectivity index (χ2v) is 9.60. The molecule has 0 saturated heterocycles. The highest BCUT2D eigenvalue weighted by Gasteiger charge is 2.31.